The van der Waals surface area contributed by atoms with Crippen LogP contribution in [0.3, 0.4) is 0 Å². The second-order valence-corrected chi connectivity index (χ2v) is 9.36. The van der Waals surface area contributed by atoms with Crippen molar-refractivity contribution in [3.8, 4) is 22.6 Å². The molecular weight excluding hydrogens is 485 g/mol. The minimum atomic E-state index is -0.529. The van der Waals surface area contributed by atoms with Crippen LogP contribution in [0.4, 0.5) is 0 Å². The predicted molar refractivity (Wildman–Crippen MR) is 142 cm³/mol. The van der Waals surface area contributed by atoms with E-state index in [-0.39, 0.29) is 5.75 Å². The fourth-order valence-corrected chi connectivity index (χ4v) is 4.63. The van der Waals surface area contributed by atoms with Gasteiger partial charge in [0.2, 0.25) is 0 Å². The van der Waals surface area contributed by atoms with Crippen LogP contribution in [0.5, 0.6) is 11.5 Å². The summed E-state index contributed by atoms with van der Waals surface area (Å²) in [5.74, 6) is 0.817. The summed E-state index contributed by atoms with van der Waals surface area (Å²) in [4.78, 5) is 15.3. The molecule has 1 heterocycles. The number of hydrogen-bond acceptors (Lipinski definition) is 5. The zero-order chi connectivity index (χ0) is 24.9. The molecule has 0 amide bonds. The van der Waals surface area contributed by atoms with E-state index in [1.807, 2.05) is 24.3 Å². The Bertz CT molecular complexity index is 1380. The molecule has 0 aliphatic carbocycles. The Labute approximate surface area is 214 Å². The summed E-state index contributed by atoms with van der Waals surface area (Å²) < 4.78 is 11.4. The molecular formula is C28H27Cl2NO4. The SMILES string of the molecule is CCCN(C)CCOc1ccc(Cc2c(-c3ccc(Cl)cc3Cl)c(=O)oc3cc(O)ccc23)cc1. The maximum absolute atomic E-state index is 13.1. The van der Waals surface area contributed by atoms with Gasteiger partial charge in [0, 0.05) is 28.6 Å². The highest BCUT2D eigenvalue weighted by Crippen LogP contribution is 2.35. The normalized spacial score (nSPS) is 11.3. The van der Waals surface area contributed by atoms with Gasteiger partial charge in [0.25, 0.3) is 0 Å². The second kappa shape index (κ2) is 11.2. The molecule has 3 aromatic carbocycles. The second-order valence-electron chi connectivity index (χ2n) is 8.52. The van der Waals surface area contributed by atoms with Crippen molar-refractivity contribution in [1.82, 2.24) is 4.90 Å². The van der Waals surface area contributed by atoms with Crippen LogP contribution in [0, 0.1) is 0 Å². The molecule has 4 aromatic rings. The third-order valence-electron chi connectivity index (χ3n) is 5.85. The number of hydrogen-bond donors (Lipinski definition) is 1. The molecule has 0 saturated carbocycles. The Hall–Kier alpha value is -2.99. The third-order valence-corrected chi connectivity index (χ3v) is 6.40. The molecule has 0 aliphatic rings. The number of likely N-dealkylation sites (N-methyl/N-ethyl adjacent to an activating group) is 1. The number of nitrogens with zero attached hydrogens (tertiary/aromatic N) is 1. The van der Waals surface area contributed by atoms with Crippen molar-refractivity contribution < 1.29 is 14.3 Å². The average Bonchev–Trinajstić information content (AvgIpc) is 2.81. The molecule has 4 rings (SSSR count). The first kappa shape index (κ1) is 25.1. The standard InChI is InChI=1S/C28H27Cl2NO4/c1-3-12-31(2)13-14-34-21-8-4-18(5-9-21)15-24-22-11-7-20(32)17-26(22)35-28(33)27(24)23-10-6-19(29)16-25(23)30/h4-11,16-17,32H,3,12-15H2,1-2H3. The van der Waals surface area contributed by atoms with Crippen LogP contribution in [0.25, 0.3) is 22.1 Å². The van der Waals surface area contributed by atoms with Gasteiger partial charge in [0.1, 0.15) is 23.7 Å². The molecule has 0 aliphatic heterocycles. The molecule has 0 saturated heterocycles. The molecule has 0 spiro atoms. The fourth-order valence-electron chi connectivity index (χ4n) is 4.12. The Morgan fingerprint density at radius 3 is 2.49 bits per heavy atom. The Morgan fingerprint density at radius 1 is 1.00 bits per heavy atom. The molecule has 35 heavy (non-hydrogen) atoms. The minimum absolute atomic E-state index is 0.0231. The summed E-state index contributed by atoms with van der Waals surface area (Å²) in [6.07, 6.45) is 1.57. The molecule has 1 aromatic heterocycles. The lowest BCUT2D eigenvalue weighted by Gasteiger charge is -2.16. The predicted octanol–water partition coefficient (Wildman–Crippen LogP) is 6.78. The lowest BCUT2D eigenvalue weighted by molar-refractivity contribution is 0.237. The molecule has 0 unspecified atom stereocenters. The number of rotatable bonds is 9. The van der Waals surface area contributed by atoms with E-state index in [0.29, 0.717) is 39.8 Å². The van der Waals surface area contributed by atoms with E-state index in [9.17, 15) is 9.90 Å². The van der Waals surface area contributed by atoms with E-state index in [2.05, 4.69) is 18.9 Å². The molecule has 1 N–H and O–H groups in total. The molecule has 7 heteroatoms. The van der Waals surface area contributed by atoms with Crippen molar-refractivity contribution >= 4 is 34.2 Å². The number of halogens is 2. The summed E-state index contributed by atoms with van der Waals surface area (Å²) in [6, 6.07) is 17.6. The van der Waals surface area contributed by atoms with E-state index in [1.165, 1.54) is 6.07 Å². The number of aromatic hydroxyl groups is 1. The van der Waals surface area contributed by atoms with Crippen molar-refractivity contribution in [3.63, 3.8) is 0 Å². The smallest absolute Gasteiger partial charge is 0.344 e. The van der Waals surface area contributed by atoms with Crippen molar-refractivity contribution in [3.05, 3.63) is 92.3 Å². The first-order valence-corrected chi connectivity index (χ1v) is 12.3. The molecule has 5 nitrogen and oxygen atoms in total. The number of fused-ring (bicyclic) bond motifs is 1. The lowest BCUT2D eigenvalue weighted by atomic mass is 9.93. The highest BCUT2D eigenvalue weighted by atomic mass is 35.5. The van der Waals surface area contributed by atoms with Crippen LogP contribution in [-0.4, -0.2) is 36.8 Å². The van der Waals surface area contributed by atoms with Gasteiger partial charge in [-0.2, -0.15) is 0 Å². The summed E-state index contributed by atoms with van der Waals surface area (Å²) in [5.41, 5.74) is 2.46. The van der Waals surface area contributed by atoms with Gasteiger partial charge < -0.3 is 19.2 Å². The number of ether oxygens (including phenoxy) is 1. The van der Waals surface area contributed by atoms with Gasteiger partial charge in [0.15, 0.2) is 0 Å². The quantitative estimate of drug-likeness (QED) is 0.251. The van der Waals surface area contributed by atoms with Gasteiger partial charge in [-0.05, 0) is 74.0 Å². The summed E-state index contributed by atoms with van der Waals surface area (Å²) in [6.45, 7) is 4.67. The fraction of sp³-hybridized carbons (Fsp3) is 0.250. The average molecular weight is 512 g/mol. The summed E-state index contributed by atoms with van der Waals surface area (Å²) >= 11 is 12.6. The molecule has 0 fully saturated rings. The highest BCUT2D eigenvalue weighted by Gasteiger charge is 2.19. The highest BCUT2D eigenvalue weighted by molar-refractivity contribution is 6.36. The van der Waals surface area contributed by atoms with Crippen molar-refractivity contribution in [2.24, 2.45) is 0 Å². The van der Waals surface area contributed by atoms with Crippen LogP contribution in [0.2, 0.25) is 10.0 Å². The van der Waals surface area contributed by atoms with Crippen molar-refractivity contribution in [2.45, 2.75) is 19.8 Å². The van der Waals surface area contributed by atoms with E-state index in [1.54, 1.807) is 30.3 Å². The third kappa shape index (κ3) is 5.99. The lowest BCUT2D eigenvalue weighted by Crippen LogP contribution is -2.24. The number of phenolic OH excluding ortho intramolecular Hbond substituents is 1. The van der Waals surface area contributed by atoms with Crippen LogP contribution in [0.1, 0.15) is 24.5 Å². The summed E-state index contributed by atoms with van der Waals surface area (Å²) in [5, 5.41) is 11.5. The molecule has 182 valence electrons. The van der Waals surface area contributed by atoms with Gasteiger partial charge >= 0.3 is 5.63 Å². The van der Waals surface area contributed by atoms with Gasteiger partial charge in [-0.3, -0.25) is 0 Å². The maximum atomic E-state index is 13.1. The van der Waals surface area contributed by atoms with Crippen LogP contribution in [0.15, 0.2) is 69.9 Å². The number of benzene rings is 3. The van der Waals surface area contributed by atoms with E-state index >= 15 is 0 Å². The largest absolute Gasteiger partial charge is 0.508 e. The Balaban J connectivity index is 1.68. The van der Waals surface area contributed by atoms with Crippen LogP contribution >= 0.6 is 23.2 Å². The van der Waals surface area contributed by atoms with Gasteiger partial charge in [-0.25, -0.2) is 4.79 Å². The summed E-state index contributed by atoms with van der Waals surface area (Å²) in [7, 11) is 2.08. The van der Waals surface area contributed by atoms with E-state index in [0.717, 1.165) is 41.8 Å². The van der Waals surface area contributed by atoms with Crippen molar-refractivity contribution in [1.29, 1.82) is 0 Å². The monoisotopic (exact) mass is 511 g/mol. The maximum Gasteiger partial charge on any atom is 0.344 e. The topological polar surface area (TPSA) is 62.9 Å². The first-order chi connectivity index (χ1) is 16.9. The van der Waals surface area contributed by atoms with E-state index in [4.69, 9.17) is 32.4 Å². The van der Waals surface area contributed by atoms with Crippen LogP contribution in [-0.2, 0) is 6.42 Å². The Morgan fingerprint density at radius 2 is 1.77 bits per heavy atom. The minimum Gasteiger partial charge on any atom is -0.508 e. The van der Waals surface area contributed by atoms with Gasteiger partial charge in [0.05, 0.1) is 10.6 Å². The molecule has 0 radical (unpaired) electrons. The first-order valence-electron chi connectivity index (χ1n) is 11.5. The zero-order valence-corrected chi connectivity index (χ0v) is 21.2. The Kier molecular flexibility index (Phi) is 8.01. The van der Waals surface area contributed by atoms with Gasteiger partial charge in [-0.15, -0.1) is 0 Å². The van der Waals surface area contributed by atoms with E-state index < -0.39 is 5.63 Å². The number of phenols is 1. The zero-order valence-electron chi connectivity index (χ0n) is 19.7. The van der Waals surface area contributed by atoms with Gasteiger partial charge in [-0.1, -0.05) is 48.3 Å². The van der Waals surface area contributed by atoms with Crippen molar-refractivity contribution in [2.75, 3.05) is 26.7 Å². The van der Waals surface area contributed by atoms with Crippen LogP contribution < -0.4 is 10.4 Å². The molecule has 0 atom stereocenters. The molecule has 0 bridgehead atoms.